The quantitative estimate of drug-likeness (QED) is 0.398. The highest BCUT2D eigenvalue weighted by molar-refractivity contribution is 8.19. The SMILES string of the molecule is Cc1ccccc1SC(C)(Sc1ccccc1C)C(=O)C(C)n1cncn1. The van der Waals surface area contributed by atoms with Crippen molar-refractivity contribution >= 4 is 29.3 Å². The summed E-state index contributed by atoms with van der Waals surface area (Å²) >= 11 is 3.21. The van der Waals surface area contributed by atoms with Crippen molar-refractivity contribution in [1.29, 1.82) is 0 Å². The number of rotatable bonds is 7. The number of hydrogen-bond acceptors (Lipinski definition) is 5. The Hall–Kier alpha value is -2.05. The second-order valence-corrected chi connectivity index (χ2v) is 9.78. The molecule has 0 radical (unpaired) electrons. The first kappa shape index (κ1) is 19.7. The lowest BCUT2D eigenvalue weighted by atomic mass is 10.1. The summed E-state index contributed by atoms with van der Waals surface area (Å²) < 4.78 is 0.918. The Kier molecular flexibility index (Phi) is 6.07. The summed E-state index contributed by atoms with van der Waals surface area (Å²) in [6.07, 6.45) is 3.06. The highest BCUT2D eigenvalue weighted by atomic mass is 32.2. The summed E-state index contributed by atoms with van der Waals surface area (Å²) in [7, 11) is 0. The van der Waals surface area contributed by atoms with Crippen LogP contribution in [0.1, 0.15) is 31.0 Å². The molecular weight excluding hydrogens is 374 g/mol. The summed E-state index contributed by atoms with van der Waals surface area (Å²) in [6, 6.07) is 16.0. The van der Waals surface area contributed by atoms with Gasteiger partial charge in [-0.15, -0.1) is 0 Å². The predicted octanol–water partition coefficient (Wildman–Crippen LogP) is 5.33. The van der Waals surface area contributed by atoms with Crippen LogP contribution in [0.5, 0.6) is 0 Å². The number of aromatic nitrogens is 3. The molecular formula is C21H23N3OS2. The Bertz CT molecular complexity index is 877. The normalized spacial score (nSPS) is 12.7. The summed E-state index contributed by atoms with van der Waals surface area (Å²) in [4.78, 5) is 19.8. The van der Waals surface area contributed by atoms with Crippen LogP contribution in [-0.4, -0.2) is 24.6 Å². The van der Waals surface area contributed by atoms with E-state index in [0.717, 1.165) is 9.79 Å². The zero-order valence-electron chi connectivity index (χ0n) is 15.9. The largest absolute Gasteiger partial charge is 0.295 e. The molecule has 0 aliphatic heterocycles. The van der Waals surface area contributed by atoms with Gasteiger partial charge in [-0.05, 0) is 51.0 Å². The van der Waals surface area contributed by atoms with Crippen LogP contribution < -0.4 is 0 Å². The molecule has 4 nitrogen and oxygen atoms in total. The molecule has 1 atom stereocenters. The van der Waals surface area contributed by atoms with Crippen molar-refractivity contribution in [2.24, 2.45) is 0 Å². The lowest BCUT2D eigenvalue weighted by molar-refractivity contribution is -0.122. The van der Waals surface area contributed by atoms with Gasteiger partial charge in [0.1, 0.15) is 22.8 Å². The third-order valence-electron chi connectivity index (χ3n) is 4.46. The van der Waals surface area contributed by atoms with E-state index in [0.29, 0.717) is 0 Å². The standard InChI is InChI=1S/C21H23N3OS2/c1-15-9-5-7-11-18(15)26-21(4,27-19-12-8-6-10-16(19)2)20(25)17(3)24-14-22-13-23-24/h5-14,17H,1-4H3. The van der Waals surface area contributed by atoms with Crippen LogP contribution in [0, 0.1) is 13.8 Å². The van der Waals surface area contributed by atoms with E-state index >= 15 is 0 Å². The van der Waals surface area contributed by atoms with E-state index in [2.05, 4.69) is 48.2 Å². The molecule has 1 unspecified atom stereocenters. The molecule has 1 heterocycles. The molecule has 27 heavy (non-hydrogen) atoms. The van der Waals surface area contributed by atoms with Crippen LogP contribution in [0.15, 0.2) is 71.0 Å². The predicted molar refractivity (Wildman–Crippen MR) is 112 cm³/mol. The smallest absolute Gasteiger partial charge is 0.183 e. The fourth-order valence-electron chi connectivity index (χ4n) is 2.80. The molecule has 140 valence electrons. The number of Topliss-reactive ketones (excluding diaryl/α,β-unsaturated/α-hetero) is 1. The van der Waals surface area contributed by atoms with E-state index in [1.54, 1.807) is 34.5 Å². The first-order valence-corrected chi connectivity index (χ1v) is 10.4. The molecule has 0 bridgehead atoms. The van der Waals surface area contributed by atoms with Gasteiger partial charge < -0.3 is 0 Å². The maximum absolute atomic E-state index is 13.6. The van der Waals surface area contributed by atoms with Crippen molar-refractivity contribution in [3.05, 3.63) is 72.3 Å². The molecule has 0 amide bonds. The van der Waals surface area contributed by atoms with E-state index in [1.807, 2.05) is 38.1 Å². The lowest BCUT2D eigenvalue weighted by Crippen LogP contribution is -2.34. The van der Waals surface area contributed by atoms with Crippen LogP contribution in [-0.2, 0) is 4.79 Å². The van der Waals surface area contributed by atoms with Crippen molar-refractivity contribution in [3.63, 3.8) is 0 Å². The number of carbonyl (C=O) groups excluding carboxylic acids is 1. The Labute approximate surface area is 168 Å². The molecule has 2 aromatic carbocycles. The maximum Gasteiger partial charge on any atom is 0.183 e. The van der Waals surface area contributed by atoms with Gasteiger partial charge in [-0.2, -0.15) is 5.10 Å². The van der Waals surface area contributed by atoms with E-state index < -0.39 is 10.1 Å². The number of aryl methyl sites for hydroxylation is 2. The Morgan fingerprint density at radius 2 is 1.52 bits per heavy atom. The van der Waals surface area contributed by atoms with Gasteiger partial charge >= 0.3 is 0 Å². The molecule has 1 aromatic heterocycles. The molecule has 0 saturated carbocycles. The van der Waals surface area contributed by atoms with Gasteiger partial charge in [-0.3, -0.25) is 4.79 Å². The third-order valence-corrected chi connectivity index (χ3v) is 7.49. The van der Waals surface area contributed by atoms with Crippen molar-refractivity contribution in [3.8, 4) is 0 Å². The zero-order chi connectivity index (χ0) is 19.4. The summed E-state index contributed by atoms with van der Waals surface area (Å²) in [5.74, 6) is 0.106. The summed E-state index contributed by atoms with van der Waals surface area (Å²) in [5.41, 5.74) is 2.33. The molecule has 0 fully saturated rings. The molecule has 0 spiro atoms. The van der Waals surface area contributed by atoms with Crippen LogP contribution in [0.4, 0.5) is 0 Å². The molecule has 0 aliphatic rings. The van der Waals surface area contributed by atoms with E-state index in [4.69, 9.17) is 0 Å². The number of thioether (sulfide) groups is 2. The number of nitrogens with zero attached hydrogens (tertiary/aromatic N) is 3. The van der Waals surface area contributed by atoms with Gasteiger partial charge in [-0.25, -0.2) is 9.67 Å². The minimum atomic E-state index is -0.705. The number of ketones is 1. The van der Waals surface area contributed by atoms with Gasteiger partial charge in [-0.1, -0.05) is 59.9 Å². The average Bonchev–Trinajstić information content (AvgIpc) is 3.19. The fourth-order valence-corrected chi connectivity index (χ4v) is 5.64. The summed E-state index contributed by atoms with van der Waals surface area (Å²) in [5, 5.41) is 4.17. The lowest BCUT2D eigenvalue weighted by Gasteiger charge is -2.30. The van der Waals surface area contributed by atoms with E-state index in [9.17, 15) is 4.79 Å². The molecule has 0 aliphatic carbocycles. The van der Waals surface area contributed by atoms with Crippen LogP contribution in [0.25, 0.3) is 0 Å². The number of benzene rings is 2. The first-order valence-electron chi connectivity index (χ1n) is 8.78. The van der Waals surface area contributed by atoms with Gasteiger partial charge in [0.2, 0.25) is 0 Å². The fraction of sp³-hybridized carbons (Fsp3) is 0.286. The second-order valence-electron chi connectivity index (χ2n) is 6.60. The van der Waals surface area contributed by atoms with Gasteiger partial charge in [0.15, 0.2) is 5.78 Å². The van der Waals surface area contributed by atoms with Crippen LogP contribution >= 0.6 is 23.5 Å². The second kappa shape index (κ2) is 8.31. The van der Waals surface area contributed by atoms with Crippen molar-refractivity contribution < 1.29 is 4.79 Å². The average molecular weight is 398 g/mol. The van der Waals surface area contributed by atoms with Crippen LogP contribution in [0.2, 0.25) is 0 Å². The van der Waals surface area contributed by atoms with Gasteiger partial charge in [0.25, 0.3) is 0 Å². The Balaban J connectivity index is 1.98. The maximum atomic E-state index is 13.6. The molecule has 3 rings (SSSR count). The first-order chi connectivity index (χ1) is 12.9. The zero-order valence-corrected chi connectivity index (χ0v) is 17.6. The minimum Gasteiger partial charge on any atom is -0.295 e. The molecule has 0 saturated heterocycles. The van der Waals surface area contributed by atoms with E-state index in [-0.39, 0.29) is 5.78 Å². The molecule has 6 heteroatoms. The third kappa shape index (κ3) is 4.45. The topological polar surface area (TPSA) is 47.8 Å². The Morgan fingerprint density at radius 1 is 1.00 bits per heavy atom. The number of hydrogen-bond donors (Lipinski definition) is 0. The Morgan fingerprint density at radius 3 is 1.96 bits per heavy atom. The highest BCUT2D eigenvalue weighted by Crippen LogP contribution is 2.49. The van der Waals surface area contributed by atoms with Gasteiger partial charge in [0.05, 0.1) is 0 Å². The van der Waals surface area contributed by atoms with E-state index in [1.165, 1.54) is 17.5 Å². The summed E-state index contributed by atoms with van der Waals surface area (Å²) in [6.45, 7) is 8.04. The monoisotopic (exact) mass is 397 g/mol. The van der Waals surface area contributed by atoms with Crippen LogP contribution in [0.3, 0.4) is 0 Å². The van der Waals surface area contributed by atoms with Crippen molar-refractivity contribution in [2.75, 3.05) is 0 Å². The highest BCUT2D eigenvalue weighted by Gasteiger charge is 2.40. The van der Waals surface area contributed by atoms with Gasteiger partial charge in [0, 0.05) is 9.79 Å². The number of carbonyl (C=O) groups is 1. The molecule has 3 aromatic rings. The van der Waals surface area contributed by atoms with Crippen molar-refractivity contribution in [2.45, 2.75) is 47.6 Å². The molecule has 0 N–H and O–H groups in total. The van der Waals surface area contributed by atoms with Crippen molar-refractivity contribution in [1.82, 2.24) is 14.8 Å². The minimum absolute atomic E-state index is 0.106.